The van der Waals surface area contributed by atoms with Crippen molar-refractivity contribution >= 4 is 0 Å². The molecule has 16 heavy (non-hydrogen) atoms. The van der Waals surface area contributed by atoms with Crippen LogP contribution in [0.2, 0.25) is 0 Å². The molecule has 0 aromatic carbocycles. The average Bonchev–Trinajstić information content (AvgIpc) is 2.18. The molecule has 0 radical (unpaired) electrons. The van der Waals surface area contributed by atoms with Crippen molar-refractivity contribution in [3.63, 3.8) is 0 Å². The highest BCUT2D eigenvalue weighted by Crippen LogP contribution is 2.38. The molecular weight excluding hydrogens is 198 g/mol. The van der Waals surface area contributed by atoms with Crippen molar-refractivity contribution in [1.82, 2.24) is 5.32 Å². The van der Waals surface area contributed by atoms with E-state index in [0.717, 1.165) is 18.8 Å². The van der Waals surface area contributed by atoms with E-state index in [0.29, 0.717) is 24.1 Å². The van der Waals surface area contributed by atoms with Gasteiger partial charge in [-0.3, -0.25) is 0 Å². The number of rotatable bonds is 5. The van der Waals surface area contributed by atoms with Crippen LogP contribution >= 0.6 is 0 Å². The Kier molecular flexibility index (Phi) is 5.26. The second-order valence-electron chi connectivity index (χ2n) is 6.42. The Balaban J connectivity index is 2.32. The molecule has 96 valence electrons. The second kappa shape index (κ2) is 6.02. The van der Waals surface area contributed by atoms with Gasteiger partial charge in [0.05, 0.1) is 0 Å². The molecule has 3 unspecified atom stereocenters. The van der Waals surface area contributed by atoms with Gasteiger partial charge >= 0.3 is 0 Å². The summed E-state index contributed by atoms with van der Waals surface area (Å²) in [6.45, 7) is 9.70. The average molecular weight is 227 g/mol. The maximum Gasteiger partial charge on any atom is 0.0431 e. The molecule has 1 fully saturated rings. The van der Waals surface area contributed by atoms with Crippen molar-refractivity contribution in [2.75, 3.05) is 6.61 Å². The minimum Gasteiger partial charge on any atom is -0.396 e. The Hall–Kier alpha value is -0.0800. The quantitative estimate of drug-likeness (QED) is 0.757. The van der Waals surface area contributed by atoms with Gasteiger partial charge < -0.3 is 10.4 Å². The Morgan fingerprint density at radius 3 is 2.69 bits per heavy atom. The molecule has 1 aliphatic carbocycles. The Labute approximate surface area is 101 Å². The van der Waals surface area contributed by atoms with Gasteiger partial charge in [-0.2, -0.15) is 0 Å². The van der Waals surface area contributed by atoms with E-state index in [2.05, 4.69) is 33.0 Å². The normalized spacial score (nSPS) is 31.3. The van der Waals surface area contributed by atoms with Gasteiger partial charge in [0.15, 0.2) is 0 Å². The summed E-state index contributed by atoms with van der Waals surface area (Å²) in [6.07, 6.45) is 5.97. The van der Waals surface area contributed by atoms with Gasteiger partial charge in [0, 0.05) is 18.7 Å². The van der Waals surface area contributed by atoms with Crippen LogP contribution in [-0.2, 0) is 0 Å². The van der Waals surface area contributed by atoms with Crippen molar-refractivity contribution in [2.24, 2.45) is 11.3 Å². The third-order valence-corrected chi connectivity index (χ3v) is 3.99. The van der Waals surface area contributed by atoms with Crippen molar-refractivity contribution in [3.05, 3.63) is 0 Å². The smallest absolute Gasteiger partial charge is 0.0431 e. The van der Waals surface area contributed by atoms with Gasteiger partial charge in [0.25, 0.3) is 0 Å². The molecule has 1 saturated carbocycles. The molecule has 2 N–H and O–H groups in total. The van der Waals surface area contributed by atoms with Crippen LogP contribution in [0.3, 0.4) is 0 Å². The molecule has 0 aromatic heterocycles. The predicted molar refractivity (Wildman–Crippen MR) is 69.5 cm³/mol. The van der Waals surface area contributed by atoms with Crippen molar-refractivity contribution in [2.45, 2.75) is 71.9 Å². The van der Waals surface area contributed by atoms with E-state index >= 15 is 0 Å². The van der Waals surface area contributed by atoms with Crippen LogP contribution in [0.25, 0.3) is 0 Å². The van der Waals surface area contributed by atoms with Crippen molar-refractivity contribution in [3.8, 4) is 0 Å². The summed E-state index contributed by atoms with van der Waals surface area (Å²) in [6, 6.07) is 1.22. The zero-order valence-corrected chi connectivity index (χ0v) is 11.4. The van der Waals surface area contributed by atoms with E-state index in [1.165, 1.54) is 19.3 Å². The van der Waals surface area contributed by atoms with Gasteiger partial charge in [-0.15, -0.1) is 0 Å². The number of nitrogens with one attached hydrogen (secondary N) is 1. The van der Waals surface area contributed by atoms with E-state index in [1.807, 2.05) is 0 Å². The first-order valence-electron chi connectivity index (χ1n) is 6.81. The summed E-state index contributed by atoms with van der Waals surface area (Å²) in [5.41, 5.74) is 0.534. The third kappa shape index (κ3) is 4.42. The van der Waals surface area contributed by atoms with Crippen molar-refractivity contribution in [1.29, 1.82) is 0 Å². The van der Waals surface area contributed by atoms with Crippen LogP contribution < -0.4 is 5.32 Å². The molecule has 0 amide bonds. The maximum atomic E-state index is 8.81. The topological polar surface area (TPSA) is 32.3 Å². The molecule has 2 nitrogen and oxygen atoms in total. The molecule has 0 saturated heterocycles. The molecule has 2 heteroatoms. The number of hydrogen-bond acceptors (Lipinski definition) is 2. The number of hydrogen-bond donors (Lipinski definition) is 2. The monoisotopic (exact) mass is 227 g/mol. The second-order valence-corrected chi connectivity index (χ2v) is 6.42. The fourth-order valence-electron chi connectivity index (χ4n) is 3.04. The summed E-state index contributed by atoms with van der Waals surface area (Å²) in [4.78, 5) is 0. The van der Waals surface area contributed by atoms with E-state index in [1.54, 1.807) is 0 Å². The first-order valence-corrected chi connectivity index (χ1v) is 6.81. The van der Waals surface area contributed by atoms with Crippen LogP contribution in [0.15, 0.2) is 0 Å². The van der Waals surface area contributed by atoms with Gasteiger partial charge in [-0.1, -0.05) is 20.8 Å². The minimum absolute atomic E-state index is 0.319. The van der Waals surface area contributed by atoms with Gasteiger partial charge in [0.2, 0.25) is 0 Å². The van der Waals surface area contributed by atoms with E-state index in [-0.39, 0.29) is 0 Å². The first kappa shape index (κ1) is 14.0. The largest absolute Gasteiger partial charge is 0.396 e. The maximum absolute atomic E-state index is 8.81. The highest BCUT2D eigenvalue weighted by atomic mass is 16.2. The predicted octanol–water partition coefficient (Wildman–Crippen LogP) is 2.95. The fraction of sp³-hybridized carbons (Fsp3) is 1.00. The van der Waals surface area contributed by atoms with E-state index in [4.69, 9.17) is 5.11 Å². The molecule has 0 heterocycles. The highest BCUT2D eigenvalue weighted by molar-refractivity contribution is 4.87. The van der Waals surface area contributed by atoms with Gasteiger partial charge in [-0.05, 0) is 50.4 Å². The lowest BCUT2D eigenvalue weighted by Crippen LogP contribution is -2.45. The van der Waals surface area contributed by atoms with Crippen LogP contribution in [0.5, 0.6) is 0 Å². The lowest BCUT2D eigenvalue weighted by atomic mass is 9.70. The molecule has 3 atom stereocenters. The van der Waals surface area contributed by atoms with Gasteiger partial charge in [-0.25, -0.2) is 0 Å². The number of aliphatic hydroxyl groups is 1. The molecule has 0 aliphatic heterocycles. The van der Waals surface area contributed by atoms with Crippen LogP contribution in [0.4, 0.5) is 0 Å². The van der Waals surface area contributed by atoms with Crippen molar-refractivity contribution < 1.29 is 5.11 Å². The standard InChI is InChI=1S/C14H29NO/c1-11-10-14(3,4)8-7-13(11)15-12(2)6-5-9-16/h11-13,15-16H,5-10H2,1-4H3. The summed E-state index contributed by atoms with van der Waals surface area (Å²) in [7, 11) is 0. The molecule has 0 aromatic rings. The molecule has 0 spiro atoms. The Morgan fingerprint density at radius 1 is 1.44 bits per heavy atom. The third-order valence-electron chi connectivity index (χ3n) is 3.99. The lowest BCUT2D eigenvalue weighted by molar-refractivity contribution is 0.140. The van der Waals surface area contributed by atoms with E-state index < -0.39 is 0 Å². The molecule has 0 bridgehead atoms. The fourth-order valence-corrected chi connectivity index (χ4v) is 3.04. The minimum atomic E-state index is 0.319. The summed E-state index contributed by atoms with van der Waals surface area (Å²) in [5.74, 6) is 0.778. The summed E-state index contributed by atoms with van der Waals surface area (Å²) in [5, 5.41) is 12.5. The lowest BCUT2D eigenvalue weighted by Gasteiger charge is -2.40. The van der Waals surface area contributed by atoms with Crippen LogP contribution in [0, 0.1) is 11.3 Å². The molecule has 1 aliphatic rings. The van der Waals surface area contributed by atoms with E-state index in [9.17, 15) is 0 Å². The van der Waals surface area contributed by atoms with Crippen LogP contribution in [-0.4, -0.2) is 23.8 Å². The SMILES string of the molecule is CC(CCCO)NC1CCC(C)(C)CC1C. The number of aliphatic hydroxyl groups excluding tert-OH is 1. The summed E-state index contributed by atoms with van der Waals surface area (Å²) >= 11 is 0. The Bertz CT molecular complexity index is 203. The van der Waals surface area contributed by atoms with Gasteiger partial charge in [0.1, 0.15) is 0 Å². The molecular formula is C14H29NO. The van der Waals surface area contributed by atoms with Crippen LogP contribution in [0.1, 0.15) is 59.8 Å². The highest BCUT2D eigenvalue weighted by Gasteiger charge is 2.32. The zero-order valence-electron chi connectivity index (χ0n) is 11.4. The summed E-state index contributed by atoms with van der Waals surface area (Å²) < 4.78 is 0. The first-order chi connectivity index (χ1) is 7.44. The zero-order chi connectivity index (χ0) is 12.2. The Morgan fingerprint density at radius 2 is 2.12 bits per heavy atom. The molecule has 1 rings (SSSR count).